The monoisotopic (exact) mass is 303 g/mol. The molecule has 1 amide bonds. The summed E-state index contributed by atoms with van der Waals surface area (Å²) in [6.45, 7) is 7.89. The van der Waals surface area contributed by atoms with Crippen molar-refractivity contribution in [3.63, 3.8) is 0 Å². The Kier molecular flexibility index (Phi) is 5.49. The SMILES string of the molecule is Cc1cnc2c(c1)nc(CC(C)C)n2CCC(=O)NCCN. The molecule has 0 saturated carbocycles. The Hall–Kier alpha value is -1.95. The molecule has 6 heteroatoms. The molecule has 2 aromatic rings. The van der Waals surface area contributed by atoms with Gasteiger partial charge < -0.3 is 15.6 Å². The van der Waals surface area contributed by atoms with Crippen molar-refractivity contribution in [1.29, 1.82) is 0 Å². The minimum Gasteiger partial charge on any atom is -0.355 e. The fraction of sp³-hybridized carbons (Fsp3) is 0.562. The number of hydrogen-bond acceptors (Lipinski definition) is 4. The zero-order chi connectivity index (χ0) is 16.1. The number of hydrogen-bond donors (Lipinski definition) is 2. The van der Waals surface area contributed by atoms with Gasteiger partial charge in [-0.15, -0.1) is 0 Å². The zero-order valence-corrected chi connectivity index (χ0v) is 13.6. The summed E-state index contributed by atoms with van der Waals surface area (Å²) in [6, 6.07) is 2.04. The van der Waals surface area contributed by atoms with Crippen LogP contribution in [-0.2, 0) is 17.8 Å². The molecule has 3 N–H and O–H groups in total. The number of nitrogens with two attached hydrogens (primary N) is 1. The summed E-state index contributed by atoms with van der Waals surface area (Å²) in [5.74, 6) is 1.51. The number of carbonyl (C=O) groups is 1. The standard InChI is InChI=1S/C16H25N5O/c1-11(2)8-14-20-13-9-12(3)10-19-16(13)21(14)7-4-15(22)18-6-5-17/h9-11H,4-8,17H2,1-3H3,(H,18,22). The van der Waals surface area contributed by atoms with Crippen molar-refractivity contribution >= 4 is 17.1 Å². The highest BCUT2D eigenvalue weighted by molar-refractivity contribution is 5.76. The molecule has 2 rings (SSSR count). The molecule has 0 aliphatic rings. The normalized spacial score (nSPS) is 11.3. The predicted octanol–water partition coefficient (Wildman–Crippen LogP) is 1.40. The van der Waals surface area contributed by atoms with Crippen LogP contribution >= 0.6 is 0 Å². The fourth-order valence-corrected chi connectivity index (χ4v) is 2.43. The Morgan fingerprint density at radius 1 is 1.45 bits per heavy atom. The van der Waals surface area contributed by atoms with Crippen molar-refractivity contribution in [3.8, 4) is 0 Å². The van der Waals surface area contributed by atoms with Gasteiger partial charge in [-0.2, -0.15) is 0 Å². The summed E-state index contributed by atoms with van der Waals surface area (Å²) >= 11 is 0. The Morgan fingerprint density at radius 2 is 2.23 bits per heavy atom. The number of nitrogens with zero attached hydrogens (tertiary/aromatic N) is 3. The number of aryl methyl sites for hydroxylation is 2. The number of carbonyl (C=O) groups excluding carboxylic acids is 1. The van der Waals surface area contributed by atoms with Crippen LogP contribution in [-0.4, -0.2) is 33.5 Å². The van der Waals surface area contributed by atoms with Crippen LogP contribution in [0.4, 0.5) is 0 Å². The maximum absolute atomic E-state index is 11.8. The number of fused-ring (bicyclic) bond motifs is 1. The third-order valence-corrected chi connectivity index (χ3v) is 3.42. The van der Waals surface area contributed by atoms with Crippen LogP contribution in [0, 0.1) is 12.8 Å². The van der Waals surface area contributed by atoms with Crippen molar-refractivity contribution in [3.05, 3.63) is 23.7 Å². The maximum atomic E-state index is 11.8. The van der Waals surface area contributed by atoms with Gasteiger partial charge in [-0.05, 0) is 24.5 Å². The smallest absolute Gasteiger partial charge is 0.221 e. The molecule has 0 aliphatic heterocycles. The second-order valence-electron chi connectivity index (χ2n) is 6.02. The Morgan fingerprint density at radius 3 is 2.91 bits per heavy atom. The summed E-state index contributed by atoms with van der Waals surface area (Å²) in [7, 11) is 0. The first-order valence-corrected chi connectivity index (χ1v) is 7.79. The number of pyridine rings is 1. The number of nitrogens with one attached hydrogen (secondary N) is 1. The predicted molar refractivity (Wildman–Crippen MR) is 87.5 cm³/mol. The highest BCUT2D eigenvalue weighted by Crippen LogP contribution is 2.18. The molecule has 0 radical (unpaired) electrons. The van der Waals surface area contributed by atoms with Gasteiger partial charge >= 0.3 is 0 Å². The van der Waals surface area contributed by atoms with E-state index >= 15 is 0 Å². The average Bonchev–Trinajstić information content (AvgIpc) is 2.78. The Bertz CT molecular complexity index is 647. The van der Waals surface area contributed by atoms with Crippen LogP contribution < -0.4 is 11.1 Å². The van der Waals surface area contributed by atoms with Crippen LogP contribution in [0.25, 0.3) is 11.2 Å². The topological polar surface area (TPSA) is 85.8 Å². The largest absolute Gasteiger partial charge is 0.355 e. The lowest BCUT2D eigenvalue weighted by molar-refractivity contribution is -0.121. The Balaban J connectivity index is 2.23. The van der Waals surface area contributed by atoms with Gasteiger partial charge in [0.15, 0.2) is 5.65 Å². The molecule has 0 unspecified atom stereocenters. The van der Waals surface area contributed by atoms with Gasteiger partial charge in [-0.25, -0.2) is 9.97 Å². The van der Waals surface area contributed by atoms with Crippen LogP contribution in [0.1, 0.15) is 31.7 Å². The molecule has 0 spiro atoms. The number of rotatable bonds is 7. The minimum absolute atomic E-state index is 0.00917. The van der Waals surface area contributed by atoms with Crippen LogP contribution in [0.15, 0.2) is 12.3 Å². The van der Waals surface area contributed by atoms with Crippen molar-refractivity contribution in [2.75, 3.05) is 13.1 Å². The maximum Gasteiger partial charge on any atom is 0.221 e. The van der Waals surface area contributed by atoms with Gasteiger partial charge in [0.1, 0.15) is 11.3 Å². The van der Waals surface area contributed by atoms with Crippen molar-refractivity contribution in [2.24, 2.45) is 11.7 Å². The van der Waals surface area contributed by atoms with Gasteiger partial charge in [-0.1, -0.05) is 13.8 Å². The van der Waals surface area contributed by atoms with Crippen LogP contribution in [0.2, 0.25) is 0 Å². The molecule has 0 aromatic carbocycles. The lowest BCUT2D eigenvalue weighted by Crippen LogP contribution is -2.29. The molecule has 2 heterocycles. The molecule has 0 aliphatic carbocycles. The van der Waals surface area contributed by atoms with E-state index in [-0.39, 0.29) is 5.91 Å². The van der Waals surface area contributed by atoms with Gasteiger partial charge in [0.25, 0.3) is 0 Å². The van der Waals surface area contributed by atoms with Gasteiger partial charge in [-0.3, -0.25) is 4.79 Å². The van der Waals surface area contributed by atoms with Crippen molar-refractivity contribution < 1.29 is 4.79 Å². The van der Waals surface area contributed by atoms with E-state index in [2.05, 4.69) is 28.7 Å². The lowest BCUT2D eigenvalue weighted by atomic mass is 10.1. The quantitative estimate of drug-likeness (QED) is 0.809. The average molecular weight is 303 g/mol. The summed E-state index contributed by atoms with van der Waals surface area (Å²) in [6.07, 6.45) is 3.13. The van der Waals surface area contributed by atoms with Crippen molar-refractivity contribution in [2.45, 2.75) is 40.2 Å². The lowest BCUT2D eigenvalue weighted by Gasteiger charge is -2.10. The molecule has 0 saturated heterocycles. The van der Waals surface area contributed by atoms with E-state index in [4.69, 9.17) is 10.7 Å². The number of amides is 1. The Labute approximate surface area is 131 Å². The summed E-state index contributed by atoms with van der Waals surface area (Å²) in [4.78, 5) is 21.0. The molecule has 6 nitrogen and oxygen atoms in total. The first-order chi connectivity index (χ1) is 10.5. The van der Waals surface area contributed by atoms with Crippen LogP contribution in [0.5, 0.6) is 0 Å². The summed E-state index contributed by atoms with van der Waals surface area (Å²) in [5, 5.41) is 2.79. The molecule has 0 atom stereocenters. The second kappa shape index (κ2) is 7.35. The third kappa shape index (κ3) is 4.04. The first kappa shape index (κ1) is 16.4. The van der Waals surface area contributed by atoms with E-state index in [1.165, 1.54) is 0 Å². The summed E-state index contributed by atoms with van der Waals surface area (Å²) in [5.41, 5.74) is 8.24. The van der Waals surface area contributed by atoms with E-state index in [1.54, 1.807) is 0 Å². The highest BCUT2D eigenvalue weighted by Gasteiger charge is 2.14. The molecule has 0 bridgehead atoms. The van der Waals surface area contributed by atoms with Crippen molar-refractivity contribution in [1.82, 2.24) is 19.9 Å². The third-order valence-electron chi connectivity index (χ3n) is 3.42. The fourth-order valence-electron chi connectivity index (χ4n) is 2.43. The molecular weight excluding hydrogens is 278 g/mol. The molecule has 2 aromatic heterocycles. The van der Waals surface area contributed by atoms with E-state index in [0.29, 0.717) is 32.0 Å². The number of imidazole rings is 1. The van der Waals surface area contributed by atoms with Gasteiger partial charge in [0.05, 0.1) is 0 Å². The summed E-state index contributed by atoms with van der Waals surface area (Å²) < 4.78 is 2.07. The van der Waals surface area contributed by atoms with Gasteiger partial charge in [0.2, 0.25) is 5.91 Å². The van der Waals surface area contributed by atoms with E-state index < -0.39 is 0 Å². The molecule has 22 heavy (non-hydrogen) atoms. The number of aromatic nitrogens is 3. The minimum atomic E-state index is 0.00917. The molecule has 120 valence electrons. The van der Waals surface area contributed by atoms with Crippen LogP contribution in [0.3, 0.4) is 0 Å². The first-order valence-electron chi connectivity index (χ1n) is 7.79. The van der Waals surface area contributed by atoms with E-state index in [0.717, 1.165) is 29.0 Å². The van der Waals surface area contributed by atoms with Gasteiger partial charge in [0, 0.05) is 38.7 Å². The highest BCUT2D eigenvalue weighted by atomic mass is 16.1. The van der Waals surface area contributed by atoms with E-state index in [1.807, 2.05) is 19.2 Å². The molecular formula is C16H25N5O. The zero-order valence-electron chi connectivity index (χ0n) is 13.6. The molecule has 0 fully saturated rings. The second-order valence-corrected chi connectivity index (χ2v) is 6.02. The van der Waals surface area contributed by atoms with E-state index in [9.17, 15) is 4.79 Å².